The first-order valence-electron chi connectivity index (χ1n) is 10.00. The number of rotatable bonds is 9. The Kier molecular flexibility index (Phi) is 7.25. The smallest absolute Gasteiger partial charge is 0.303 e. The maximum Gasteiger partial charge on any atom is 0.303 e. The summed E-state index contributed by atoms with van der Waals surface area (Å²) >= 11 is 13.9. The number of imidazole rings is 1. The Balaban J connectivity index is 1.58. The van der Waals surface area contributed by atoms with Gasteiger partial charge in [-0.15, -0.1) is 0 Å². The largest absolute Gasteiger partial charge is 0.494 e. The van der Waals surface area contributed by atoms with Gasteiger partial charge in [-0.05, 0) is 66.6 Å². The Hall–Kier alpha value is -2.67. The van der Waals surface area contributed by atoms with Crippen molar-refractivity contribution in [3.63, 3.8) is 0 Å². The summed E-state index contributed by atoms with van der Waals surface area (Å²) in [5, 5.41) is 10.9. The maximum atomic E-state index is 10.6. The summed E-state index contributed by atoms with van der Waals surface area (Å²) in [5.41, 5.74) is 3.88. The molecule has 164 valence electrons. The van der Waals surface area contributed by atoms with Gasteiger partial charge in [0.05, 0.1) is 17.6 Å². The molecule has 0 amide bonds. The minimum absolute atomic E-state index is 0.0913. The van der Waals surface area contributed by atoms with E-state index >= 15 is 0 Å². The maximum absolute atomic E-state index is 10.6. The van der Waals surface area contributed by atoms with Crippen LogP contribution in [0.3, 0.4) is 0 Å². The first-order chi connectivity index (χ1) is 15.5. The molecule has 0 saturated carbocycles. The fraction of sp³-hybridized carbons (Fsp3) is 0.167. The number of fused-ring (bicyclic) bond motifs is 1. The predicted molar refractivity (Wildman–Crippen MR) is 129 cm³/mol. The van der Waals surface area contributed by atoms with E-state index in [0.29, 0.717) is 28.8 Å². The lowest BCUT2D eigenvalue weighted by Crippen LogP contribution is -2.02. The van der Waals surface area contributed by atoms with Gasteiger partial charge < -0.3 is 9.84 Å². The van der Waals surface area contributed by atoms with E-state index < -0.39 is 5.97 Å². The summed E-state index contributed by atoms with van der Waals surface area (Å²) in [7, 11) is 0. The second-order valence-corrected chi connectivity index (χ2v) is 8.93. The molecule has 1 aromatic heterocycles. The lowest BCUT2D eigenvalue weighted by molar-refractivity contribution is -0.137. The van der Waals surface area contributed by atoms with Crippen LogP contribution in [0.5, 0.6) is 5.75 Å². The zero-order valence-electron chi connectivity index (χ0n) is 17.0. The number of aromatic nitrogens is 2. The van der Waals surface area contributed by atoms with E-state index in [1.165, 1.54) is 0 Å². The molecule has 1 N–H and O–H groups in total. The molecule has 0 saturated heterocycles. The number of ether oxygens (including phenoxy) is 1. The molecule has 3 aromatic carbocycles. The van der Waals surface area contributed by atoms with Crippen LogP contribution >= 0.6 is 35.0 Å². The molecule has 8 heteroatoms. The van der Waals surface area contributed by atoms with E-state index in [2.05, 4.69) is 4.57 Å². The van der Waals surface area contributed by atoms with Gasteiger partial charge in [-0.3, -0.25) is 9.36 Å². The van der Waals surface area contributed by atoms with Crippen molar-refractivity contribution in [2.75, 3.05) is 6.61 Å². The van der Waals surface area contributed by atoms with E-state index in [4.69, 9.17) is 38.0 Å². The summed E-state index contributed by atoms with van der Waals surface area (Å²) in [5.74, 6) is 0.620. The Morgan fingerprint density at radius 1 is 1.00 bits per heavy atom. The summed E-state index contributed by atoms with van der Waals surface area (Å²) < 4.78 is 7.73. The van der Waals surface area contributed by atoms with Crippen LogP contribution in [0.2, 0.25) is 10.0 Å². The molecule has 0 radical (unpaired) electrons. The standard InChI is InChI=1S/C24H20Cl2N2O3S/c25-17-5-3-16(4-6-17)15-32-24-27-21-12-7-18(26)14-22(21)28(24)19-8-10-20(11-9-19)31-13-1-2-23(29)30/h3-12,14H,1-2,13,15H2,(H,29,30). The lowest BCUT2D eigenvalue weighted by Gasteiger charge is -2.11. The van der Waals surface area contributed by atoms with E-state index in [-0.39, 0.29) is 6.42 Å². The zero-order valence-corrected chi connectivity index (χ0v) is 19.3. The van der Waals surface area contributed by atoms with Crippen LogP contribution in [-0.2, 0) is 10.5 Å². The molecule has 0 spiro atoms. The lowest BCUT2D eigenvalue weighted by atomic mass is 10.2. The molecule has 0 aliphatic heterocycles. The first-order valence-corrected chi connectivity index (χ1v) is 11.7. The van der Waals surface area contributed by atoms with Crippen LogP contribution in [0.15, 0.2) is 71.9 Å². The fourth-order valence-electron chi connectivity index (χ4n) is 3.21. The van der Waals surface area contributed by atoms with Crippen molar-refractivity contribution in [1.29, 1.82) is 0 Å². The third-order valence-corrected chi connectivity index (χ3v) is 6.26. The molecule has 5 nitrogen and oxygen atoms in total. The monoisotopic (exact) mass is 486 g/mol. The number of hydrogen-bond donors (Lipinski definition) is 1. The van der Waals surface area contributed by atoms with Crippen LogP contribution in [-0.4, -0.2) is 27.2 Å². The summed E-state index contributed by atoms with van der Waals surface area (Å²) in [6, 6.07) is 21.1. The van der Waals surface area contributed by atoms with Crippen molar-refractivity contribution in [3.05, 3.63) is 82.3 Å². The van der Waals surface area contributed by atoms with E-state index in [9.17, 15) is 4.79 Å². The zero-order chi connectivity index (χ0) is 22.5. The van der Waals surface area contributed by atoms with Crippen molar-refractivity contribution in [1.82, 2.24) is 9.55 Å². The average Bonchev–Trinajstić information content (AvgIpc) is 3.14. The molecule has 0 bridgehead atoms. The number of thioether (sulfide) groups is 1. The molecule has 1 heterocycles. The van der Waals surface area contributed by atoms with E-state index in [1.807, 2.05) is 66.7 Å². The minimum atomic E-state index is -0.821. The van der Waals surface area contributed by atoms with Gasteiger partial charge in [0.25, 0.3) is 0 Å². The normalized spacial score (nSPS) is 11.1. The van der Waals surface area contributed by atoms with Gasteiger partial charge in [-0.1, -0.05) is 47.1 Å². The van der Waals surface area contributed by atoms with E-state index in [0.717, 1.165) is 33.2 Å². The van der Waals surface area contributed by atoms with Gasteiger partial charge in [-0.25, -0.2) is 4.98 Å². The second kappa shape index (κ2) is 10.3. The molecule has 4 rings (SSSR count). The number of carboxylic acids is 1. The van der Waals surface area contributed by atoms with Crippen LogP contribution in [0.25, 0.3) is 16.7 Å². The average molecular weight is 487 g/mol. The summed E-state index contributed by atoms with van der Waals surface area (Å²) in [6.07, 6.45) is 0.557. The number of benzene rings is 3. The quantitative estimate of drug-likeness (QED) is 0.206. The Morgan fingerprint density at radius 2 is 1.72 bits per heavy atom. The molecular weight excluding hydrogens is 467 g/mol. The third kappa shape index (κ3) is 5.57. The number of aliphatic carboxylic acids is 1. The molecule has 32 heavy (non-hydrogen) atoms. The molecule has 0 atom stereocenters. The summed E-state index contributed by atoms with van der Waals surface area (Å²) in [6.45, 7) is 0.359. The van der Waals surface area contributed by atoms with Crippen LogP contribution in [0.4, 0.5) is 0 Å². The molecule has 0 fully saturated rings. The fourth-order valence-corrected chi connectivity index (χ4v) is 4.48. The predicted octanol–water partition coefficient (Wildman–Crippen LogP) is 6.87. The van der Waals surface area contributed by atoms with Gasteiger partial charge in [0, 0.05) is 27.9 Å². The SMILES string of the molecule is O=C(O)CCCOc1ccc(-n2c(SCc3ccc(Cl)cc3)nc3ccc(Cl)cc32)cc1. The van der Waals surface area contributed by atoms with Gasteiger partial charge in [-0.2, -0.15) is 0 Å². The first kappa shape index (κ1) is 22.5. The highest BCUT2D eigenvalue weighted by Gasteiger charge is 2.14. The highest BCUT2D eigenvalue weighted by Crippen LogP contribution is 2.32. The number of carboxylic acid groups (broad SMARTS) is 1. The van der Waals surface area contributed by atoms with E-state index in [1.54, 1.807) is 11.8 Å². The van der Waals surface area contributed by atoms with Crippen molar-refractivity contribution in [3.8, 4) is 11.4 Å². The molecule has 0 unspecified atom stereocenters. The highest BCUT2D eigenvalue weighted by atomic mass is 35.5. The molecule has 0 aliphatic rings. The van der Waals surface area contributed by atoms with Crippen molar-refractivity contribution < 1.29 is 14.6 Å². The van der Waals surface area contributed by atoms with Gasteiger partial charge in [0.15, 0.2) is 5.16 Å². The topological polar surface area (TPSA) is 64.3 Å². The Morgan fingerprint density at radius 3 is 2.44 bits per heavy atom. The molecule has 4 aromatic rings. The number of nitrogens with zero attached hydrogens (tertiary/aromatic N) is 2. The Bertz CT molecular complexity index is 1220. The van der Waals surface area contributed by atoms with Crippen LogP contribution < -0.4 is 4.74 Å². The van der Waals surface area contributed by atoms with Gasteiger partial charge >= 0.3 is 5.97 Å². The minimum Gasteiger partial charge on any atom is -0.494 e. The summed E-state index contributed by atoms with van der Waals surface area (Å²) in [4.78, 5) is 15.4. The number of carbonyl (C=O) groups is 1. The van der Waals surface area contributed by atoms with Crippen molar-refractivity contribution in [2.24, 2.45) is 0 Å². The van der Waals surface area contributed by atoms with Gasteiger partial charge in [0.2, 0.25) is 0 Å². The Labute approximate surface area is 199 Å². The van der Waals surface area contributed by atoms with Crippen molar-refractivity contribution >= 4 is 52.0 Å². The molecular formula is C24H20Cl2N2O3S. The third-order valence-electron chi connectivity index (χ3n) is 4.77. The number of hydrogen-bond acceptors (Lipinski definition) is 4. The van der Waals surface area contributed by atoms with Gasteiger partial charge in [0.1, 0.15) is 5.75 Å². The molecule has 0 aliphatic carbocycles. The van der Waals surface area contributed by atoms with Crippen molar-refractivity contribution in [2.45, 2.75) is 23.8 Å². The highest BCUT2D eigenvalue weighted by molar-refractivity contribution is 7.98. The van der Waals surface area contributed by atoms with Crippen LogP contribution in [0, 0.1) is 0 Å². The second-order valence-electron chi connectivity index (χ2n) is 7.12. The van der Waals surface area contributed by atoms with Crippen LogP contribution in [0.1, 0.15) is 18.4 Å². The number of halogens is 2.